The lowest BCUT2D eigenvalue weighted by Crippen LogP contribution is -2.41. The molecule has 0 bridgehead atoms. The van der Waals surface area contributed by atoms with Gasteiger partial charge in [-0.3, -0.25) is 9.10 Å². The number of carbonyl (C=O) groups is 1. The Morgan fingerprint density at radius 1 is 1.17 bits per heavy atom. The Morgan fingerprint density at radius 2 is 1.74 bits per heavy atom. The van der Waals surface area contributed by atoms with Crippen LogP contribution in [0.1, 0.15) is 19.3 Å². The quantitative estimate of drug-likeness (QED) is 0.816. The molecule has 0 heterocycles. The van der Waals surface area contributed by atoms with E-state index in [0.29, 0.717) is 12.2 Å². The minimum atomic E-state index is -3.39. The first kappa shape index (κ1) is 17.6. The molecular formula is C16H25N3O3S. The Hall–Kier alpha value is -1.76. The molecule has 1 amide bonds. The summed E-state index contributed by atoms with van der Waals surface area (Å²) in [6.07, 6.45) is 4.16. The summed E-state index contributed by atoms with van der Waals surface area (Å²) in [6, 6.07) is 7.31. The number of carbonyl (C=O) groups excluding carboxylic acids is 1. The largest absolute Gasteiger partial charge is 0.378 e. The number of anilines is 2. The zero-order valence-electron chi connectivity index (χ0n) is 13.9. The Balaban J connectivity index is 2.00. The van der Waals surface area contributed by atoms with Crippen LogP contribution >= 0.6 is 0 Å². The van der Waals surface area contributed by atoms with Gasteiger partial charge in [0, 0.05) is 32.2 Å². The van der Waals surface area contributed by atoms with E-state index in [1.54, 1.807) is 12.1 Å². The molecule has 0 saturated heterocycles. The average molecular weight is 339 g/mol. The zero-order valence-corrected chi connectivity index (χ0v) is 14.8. The molecule has 23 heavy (non-hydrogen) atoms. The van der Waals surface area contributed by atoms with Crippen LogP contribution in [0.25, 0.3) is 0 Å². The highest BCUT2D eigenvalue weighted by Crippen LogP contribution is 2.26. The fourth-order valence-corrected chi connectivity index (χ4v) is 3.43. The molecule has 0 aliphatic heterocycles. The Morgan fingerprint density at radius 3 is 2.17 bits per heavy atom. The van der Waals surface area contributed by atoms with Gasteiger partial charge in [0.25, 0.3) is 0 Å². The second-order valence-corrected chi connectivity index (χ2v) is 8.07. The van der Waals surface area contributed by atoms with Crippen molar-refractivity contribution < 1.29 is 13.2 Å². The van der Waals surface area contributed by atoms with Gasteiger partial charge in [-0.2, -0.15) is 0 Å². The van der Waals surface area contributed by atoms with Gasteiger partial charge in [-0.1, -0.05) is 6.42 Å². The normalized spacial score (nSPS) is 14.9. The molecule has 7 heteroatoms. The number of nitrogens with one attached hydrogen (secondary N) is 1. The molecule has 1 aromatic carbocycles. The molecule has 6 nitrogen and oxygen atoms in total. The van der Waals surface area contributed by atoms with Crippen molar-refractivity contribution in [1.29, 1.82) is 0 Å². The molecule has 1 saturated carbocycles. The summed E-state index contributed by atoms with van der Waals surface area (Å²) in [4.78, 5) is 13.8. The average Bonchev–Trinajstić information content (AvgIpc) is 2.40. The van der Waals surface area contributed by atoms with E-state index in [0.717, 1.165) is 24.9 Å². The number of amides is 1. The summed E-state index contributed by atoms with van der Waals surface area (Å²) in [5.41, 5.74) is 1.61. The fraction of sp³-hybridized carbons (Fsp3) is 0.562. The molecule has 0 aromatic heterocycles. The SMILES string of the molecule is CN(C)c1ccc(N(CCNC(=O)C2CCC2)S(C)(=O)=O)cc1. The van der Waals surface area contributed by atoms with Crippen molar-refractivity contribution in [1.82, 2.24) is 5.32 Å². The van der Waals surface area contributed by atoms with Crippen LogP contribution in [0.2, 0.25) is 0 Å². The Bertz CT molecular complexity index is 637. The molecule has 1 aliphatic rings. The highest BCUT2D eigenvalue weighted by atomic mass is 32.2. The summed E-state index contributed by atoms with van der Waals surface area (Å²) in [7, 11) is 0.467. The Kier molecular flexibility index (Phi) is 5.51. The molecule has 2 rings (SSSR count). The van der Waals surface area contributed by atoms with Crippen molar-refractivity contribution in [3.8, 4) is 0 Å². The maximum Gasteiger partial charge on any atom is 0.232 e. The lowest BCUT2D eigenvalue weighted by atomic mass is 9.85. The van der Waals surface area contributed by atoms with E-state index in [1.165, 1.54) is 10.6 Å². The second-order valence-electron chi connectivity index (χ2n) is 6.16. The van der Waals surface area contributed by atoms with Crippen molar-refractivity contribution >= 4 is 27.3 Å². The number of hydrogen-bond donors (Lipinski definition) is 1. The van der Waals surface area contributed by atoms with Gasteiger partial charge in [0.05, 0.1) is 18.5 Å². The van der Waals surface area contributed by atoms with Gasteiger partial charge >= 0.3 is 0 Å². The lowest BCUT2D eigenvalue weighted by Gasteiger charge is -2.26. The van der Waals surface area contributed by atoms with Crippen LogP contribution in [0.5, 0.6) is 0 Å². The summed E-state index contributed by atoms with van der Waals surface area (Å²) in [5.74, 6) is 0.147. The van der Waals surface area contributed by atoms with Gasteiger partial charge in [-0.25, -0.2) is 8.42 Å². The fourth-order valence-electron chi connectivity index (χ4n) is 2.50. The van der Waals surface area contributed by atoms with Gasteiger partial charge in [-0.15, -0.1) is 0 Å². The van der Waals surface area contributed by atoms with Gasteiger partial charge in [-0.05, 0) is 37.1 Å². The van der Waals surface area contributed by atoms with E-state index in [-0.39, 0.29) is 18.4 Å². The molecule has 1 N–H and O–H groups in total. The summed E-state index contributed by atoms with van der Waals surface area (Å²) in [5, 5.41) is 2.83. The van der Waals surface area contributed by atoms with E-state index in [9.17, 15) is 13.2 Å². The smallest absolute Gasteiger partial charge is 0.232 e. The minimum Gasteiger partial charge on any atom is -0.378 e. The van der Waals surface area contributed by atoms with Gasteiger partial charge in [0.1, 0.15) is 0 Å². The van der Waals surface area contributed by atoms with Crippen LogP contribution in [-0.2, 0) is 14.8 Å². The third kappa shape index (κ3) is 4.60. The number of nitrogens with zero attached hydrogens (tertiary/aromatic N) is 2. The highest BCUT2D eigenvalue weighted by molar-refractivity contribution is 7.92. The molecule has 0 unspecified atom stereocenters. The molecular weight excluding hydrogens is 314 g/mol. The van der Waals surface area contributed by atoms with Crippen molar-refractivity contribution in [3.05, 3.63) is 24.3 Å². The first-order chi connectivity index (χ1) is 10.8. The third-order valence-corrected chi connectivity index (χ3v) is 5.34. The first-order valence-electron chi connectivity index (χ1n) is 7.82. The van der Waals surface area contributed by atoms with Crippen LogP contribution in [0.3, 0.4) is 0 Å². The molecule has 128 valence electrons. The predicted octanol–water partition coefficient (Wildman–Crippen LogP) is 1.43. The number of rotatable bonds is 7. The van der Waals surface area contributed by atoms with Gasteiger partial charge in [0.2, 0.25) is 15.9 Å². The van der Waals surface area contributed by atoms with Crippen molar-refractivity contribution in [2.75, 3.05) is 42.6 Å². The maximum atomic E-state index is 12.0. The van der Waals surface area contributed by atoms with E-state index in [2.05, 4.69) is 5.32 Å². The van der Waals surface area contributed by atoms with Crippen molar-refractivity contribution in [2.24, 2.45) is 5.92 Å². The third-order valence-electron chi connectivity index (χ3n) is 4.14. The number of sulfonamides is 1. The van der Waals surface area contributed by atoms with E-state index >= 15 is 0 Å². The van der Waals surface area contributed by atoms with Crippen LogP contribution < -0.4 is 14.5 Å². The summed E-state index contributed by atoms with van der Waals surface area (Å²) in [6.45, 7) is 0.552. The van der Waals surface area contributed by atoms with Crippen molar-refractivity contribution in [2.45, 2.75) is 19.3 Å². The van der Waals surface area contributed by atoms with Crippen LogP contribution in [0.4, 0.5) is 11.4 Å². The monoisotopic (exact) mass is 339 g/mol. The molecule has 1 fully saturated rings. The van der Waals surface area contributed by atoms with E-state index in [1.807, 2.05) is 31.1 Å². The number of hydrogen-bond acceptors (Lipinski definition) is 4. The zero-order chi connectivity index (χ0) is 17.0. The first-order valence-corrected chi connectivity index (χ1v) is 9.66. The summed E-state index contributed by atoms with van der Waals surface area (Å²) < 4.78 is 25.4. The van der Waals surface area contributed by atoms with E-state index < -0.39 is 10.0 Å². The standard InChI is InChI=1S/C16H25N3O3S/c1-18(2)14-7-9-15(10-8-14)19(23(3,21)22)12-11-17-16(20)13-5-4-6-13/h7-10,13H,4-6,11-12H2,1-3H3,(H,17,20). The van der Waals surface area contributed by atoms with Crippen LogP contribution in [0.15, 0.2) is 24.3 Å². The van der Waals surface area contributed by atoms with Gasteiger partial charge < -0.3 is 10.2 Å². The topological polar surface area (TPSA) is 69.7 Å². The molecule has 1 aliphatic carbocycles. The van der Waals surface area contributed by atoms with Gasteiger partial charge in [0.15, 0.2) is 0 Å². The summed E-state index contributed by atoms with van der Waals surface area (Å²) >= 11 is 0. The minimum absolute atomic E-state index is 0.0349. The maximum absolute atomic E-state index is 12.0. The lowest BCUT2D eigenvalue weighted by molar-refractivity contribution is -0.127. The predicted molar refractivity (Wildman–Crippen MR) is 93.3 cm³/mol. The van der Waals surface area contributed by atoms with Crippen molar-refractivity contribution in [3.63, 3.8) is 0 Å². The number of benzene rings is 1. The highest BCUT2D eigenvalue weighted by Gasteiger charge is 2.25. The molecule has 1 aromatic rings. The molecule has 0 spiro atoms. The molecule has 0 atom stereocenters. The van der Waals surface area contributed by atoms with Crippen LogP contribution in [0, 0.1) is 5.92 Å². The molecule has 0 radical (unpaired) electrons. The Labute approximate surface area is 138 Å². The van der Waals surface area contributed by atoms with Crippen LogP contribution in [-0.4, -0.2) is 47.8 Å². The van der Waals surface area contributed by atoms with E-state index in [4.69, 9.17) is 0 Å². The second kappa shape index (κ2) is 7.21.